The van der Waals surface area contributed by atoms with E-state index in [2.05, 4.69) is 23.1 Å². The van der Waals surface area contributed by atoms with Crippen molar-refractivity contribution in [2.75, 3.05) is 4.90 Å². The van der Waals surface area contributed by atoms with Gasteiger partial charge in [0.05, 0.1) is 23.0 Å². The van der Waals surface area contributed by atoms with E-state index in [0.717, 1.165) is 22.4 Å². The van der Waals surface area contributed by atoms with Crippen LogP contribution in [0.3, 0.4) is 0 Å². The van der Waals surface area contributed by atoms with Gasteiger partial charge in [0.15, 0.2) is 5.78 Å². The monoisotopic (exact) mass is 408 g/mol. The number of benzene rings is 3. The number of ketones is 1. The van der Waals surface area contributed by atoms with Crippen LogP contribution in [0.25, 0.3) is 0 Å². The summed E-state index contributed by atoms with van der Waals surface area (Å²) in [6.07, 6.45) is 0.517. The van der Waals surface area contributed by atoms with E-state index in [1.807, 2.05) is 73.7 Å². The minimum absolute atomic E-state index is 0.0376. The van der Waals surface area contributed by atoms with Crippen LogP contribution in [0, 0.1) is 23.7 Å². The molecule has 1 heterocycles. The third-order valence-electron chi connectivity index (χ3n) is 6.46. The molecule has 3 aromatic carbocycles. The summed E-state index contributed by atoms with van der Waals surface area (Å²) in [6.45, 7) is 2.05. The number of hydrogen-bond donors (Lipinski definition) is 0. The van der Waals surface area contributed by atoms with Crippen molar-refractivity contribution in [3.8, 4) is 6.07 Å². The van der Waals surface area contributed by atoms with Gasteiger partial charge in [-0.15, -0.1) is 0 Å². The number of aryl methyl sites for hydroxylation is 1. The maximum Gasteiger partial charge on any atom is 0.177 e. The molecular weight excluding hydrogens is 388 g/mol. The molecule has 2 bridgehead atoms. The molecule has 30 heavy (non-hydrogen) atoms. The topological polar surface area (TPSA) is 44.1 Å². The summed E-state index contributed by atoms with van der Waals surface area (Å²) in [7, 11) is 0. The first-order chi connectivity index (χ1) is 14.6. The summed E-state index contributed by atoms with van der Waals surface area (Å²) in [4.78, 5) is 16.6. The van der Waals surface area contributed by atoms with Crippen LogP contribution >= 0.6 is 12.2 Å². The number of nitrogens with zero attached hydrogens (tertiary/aromatic N) is 2. The molecule has 1 fully saturated rings. The number of thiocarbonyl (C=S) groups is 1. The van der Waals surface area contributed by atoms with Gasteiger partial charge in [0.2, 0.25) is 0 Å². The first-order valence-electron chi connectivity index (χ1n) is 10.1. The predicted octanol–water partition coefficient (Wildman–Crippen LogP) is 5.76. The van der Waals surface area contributed by atoms with Crippen LogP contribution in [0.1, 0.15) is 45.4 Å². The zero-order valence-corrected chi connectivity index (χ0v) is 17.4. The minimum atomic E-state index is -1.05. The van der Waals surface area contributed by atoms with E-state index < -0.39 is 11.3 Å². The highest BCUT2D eigenvalue weighted by Gasteiger charge is 2.62. The number of carbonyl (C=O) groups excluding carboxylic acids is 1. The molecule has 3 atom stereocenters. The predicted molar refractivity (Wildman–Crippen MR) is 122 cm³/mol. The normalized spacial score (nSPS) is 23.1. The molecular formula is C26H20N2OS. The Morgan fingerprint density at radius 1 is 1.03 bits per heavy atom. The number of carbonyl (C=O) groups is 1. The maximum atomic E-state index is 13.9. The van der Waals surface area contributed by atoms with Crippen molar-refractivity contribution in [3.63, 3.8) is 0 Å². The van der Waals surface area contributed by atoms with Gasteiger partial charge in [-0.1, -0.05) is 84.5 Å². The summed E-state index contributed by atoms with van der Waals surface area (Å²) in [5.74, 6) is -0.672. The lowest BCUT2D eigenvalue weighted by Crippen LogP contribution is -2.43. The lowest BCUT2D eigenvalue weighted by atomic mass is 9.63. The molecule has 1 saturated heterocycles. The zero-order valence-electron chi connectivity index (χ0n) is 16.6. The average Bonchev–Trinajstić information content (AvgIpc) is 3.05. The van der Waals surface area contributed by atoms with Crippen molar-refractivity contribution in [3.05, 3.63) is 101 Å². The van der Waals surface area contributed by atoms with Gasteiger partial charge in [0.25, 0.3) is 0 Å². The number of fused-ring (bicyclic) bond motifs is 4. The van der Waals surface area contributed by atoms with Gasteiger partial charge in [-0.25, -0.2) is 0 Å². The number of Topliss-reactive ketones (excluding diaryl/α,β-unsaturated/α-hetero) is 1. The molecule has 2 aliphatic rings. The Morgan fingerprint density at radius 2 is 1.70 bits per heavy atom. The van der Waals surface area contributed by atoms with Crippen molar-refractivity contribution >= 4 is 28.7 Å². The van der Waals surface area contributed by atoms with Crippen LogP contribution in [0.4, 0.5) is 5.69 Å². The summed E-state index contributed by atoms with van der Waals surface area (Å²) in [6, 6.07) is 27.9. The highest BCUT2D eigenvalue weighted by atomic mass is 32.1. The molecule has 0 N–H and O–H groups in total. The van der Waals surface area contributed by atoms with Crippen LogP contribution in [-0.4, -0.2) is 10.8 Å². The molecule has 3 aromatic rings. The van der Waals surface area contributed by atoms with E-state index in [9.17, 15) is 10.1 Å². The summed E-state index contributed by atoms with van der Waals surface area (Å²) >= 11 is 6.03. The number of anilines is 1. The number of rotatable bonds is 3. The summed E-state index contributed by atoms with van der Waals surface area (Å²) in [5.41, 5.74) is 3.59. The van der Waals surface area contributed by atoms with Gasteiger partial charge in [-0.2, -0.15) is 5.26 Å². The molecule has 0 saturated carbocycles. The third-order valence-corrected chi connectivity index (χ3v) is 7.02. The highest BCUT2D eigenvalue weighted by molar-refractivity contribution is 7.80. The Hall–Kier alpha value is -3.29. The molecule has 3 nitrogen and oxygen atoms in total. The minimum Gasteiger partial charge on any atom is -0.328 e. The molecule has 0 radical (unpaired) electrons. The standard InChI is InChI=1S/C26H20N2OS/c1-17-11-13-19(14-12-17)28-23-15-26(25(28)30,22(16-27)18-7-3-2-4-8-18)24(29)21-10-6-5-9-20(21)23/h2-14,22-23H,15H2,1H3/t22-,23+,26+/m1/s1. The Morgan fingerprint density at radius 3 is 2.40 bits per heavy atom. The van der Waals surface area contributed by atoms with Gasteiger partial charge in [0, 0.05) is 11.3 Å². The van der Waals surface area contributed by atoms with Crippen molar-refractivity contribution in [1.82, 2.24) is 0 Å². The fourth-order valence-corrected chi connectivity index (χ4v) is 5.53. The highest BCUT2D eigenvalue weighted by Crippen LogP contribution is 2.59. The van der Waals surface area contributed by atoms with Crippen molar-refractivity contribution in [2.45, 2.75) is 25.3 Å². The Kier molecular flexibility index (Phi) is 4.30. The van der Waals surface area contributed by atoms with Crippen LogP contribution in [0.15, 0.2) is 78.9 Å². The van der Waals surface area contributed by atoms with Gasteiger partial charge in [0.1, 0.15) is 5.41 Å². The van der Waals surface area contributed by atoms with E-state index in [1.165, 1.54) is 0 Å². The summed E-state index contributed by atoms with van der Waals surface area (Å²) in [5, 5.41) is 10.2. The summed E-state index contributed by atoms with van der Waals surface area (Å²) < 4.78 is 0. The van der Waals surface area contributed by atoms with Crippen molar-refractivity contribution < 1.29 is 4.79 Å². The van der Waals surface area contributed by atoms with E-state index >= 15 is 0 Å². The Balaban J connectivity index is 1.75. The van der Waals surface area contributed by atoms with Crippen molar-refractivity contribution in [2.24, 2.45) is 5.41 Å². The van der Waals surface area contributed by atoms with Gasteiger partial charge in [-0.05, 0) is 36.6 Å². The number of nitriles is 1. The zero-order chi connectivity index (χ0) is 20.9. The van der Waals surface area contributed by atoms with Crippen LogP contribution in [-0.2, 0) is 0 Å². The van der Waals surface area contributed by atoms with Gasteiger partial charge < -0.3 is 4.90 Å². The Labute approximate surface area is 181 Å². The lowest BCUT2D eigenvalue weighted by Gasteiger charge is -2.34. The largest absolute Gasteiger partial charge is 0.328 e. The molecule has 4 heteroatoms. The lowest BCUT2D eigenvalue weighted by molar-refractivity contribution is 0.0843. The Bertz CT molecular complexity index is 1200. The molecule has 0 spiro atoms. The maximum absolute atomic E-state index is 13.9. The molecule has 1 aliphatic carbocycles. The van der Waals surface area contributed by atoms with Crippen LogP contribution in [0.2, 0.25) is 0 Å². The quantitative estimate of drug-likeness (QED) is 0.517. The third kappa shape index (κ3) is 2.49. The molecule has 0 unspecified atom stereocenters. The number of hydrogen-bond acceptors (Lipinski definition) is 3. The second kappa shape index (κ2) is 6.90. The van der Waals surface area contributed by atoms with E-state index in [-0.39, 0.29) is 11.8 Å². The molecule has 146 valence electrons. The first kappa shape index (κ1) is 18.7. The fraction of sp³-hybridized carbons (Fsp3) is 0.192. The van der Waals surface area contributed by atoms with Gasteiger partial charge in [-0.3, -0.25) is 4.79 Å². The van der Waals surface area contributed by atoms with E-state index in [4.69, 9.17) is 12.2 Å². The second-order valence-electron chi connectivity index (χ2n) is 8.09. The van der Waals surface area contributed by atoms with Gasteiger partial charge >= 0.3 is 0 Å². The first-order valence-corrected chi connectivity index (χ1v) is 10.5. The molecule has 0 amide bonds. The SMILES string of the molecule is Cc1ccc(N2C(=S)[C@]3([C@H](C#N)c4ccccc4)C[C@H]2c2ccccc2C3=O)cc1. The van der Waals surface area contributed by atoms with E-state index in [1.54, 1.807) is 0 Å². The van der Waals surface area contributed by atoms with Crippen LogP contribution < -0.4 is 4.90 Å². The smallest absolute Gasteiger partial charge is 0.177 e. The van der Waals surface area contributed by atoms with Crippen LogP contribution in [0.5, 0.6) is 0 Å². The molecule has 5 rings (SSSR count). The molecule has 1 aliphatic heterocycles. The fourth-order valence-electron chi connectivity index (χ4n) is 5.00. The van der Waals surface area contributed by atoms with E-state index in [0.29, 0.717) is 17.0 Å². The van der Waals surface area contributed by atoms with Crippen molar-refractivity contribution in [1.29, 1.82) is 5.26 Å². The second-order valence-corrected chi connectivity index (χ2v) is 8.48. The average molecular weight is 409 g/mol. The molecule has 0 aromatic heterocycles.